The van der Waals surface area contributed by atoms with Gasteiger partial charge in [0, 0.05) is 17.6 Å². The fourth-order valence-corrected chi connectivity index (χ4v) is 2.87. The van der Waals surface area contributed by atoms with Gasteiger partial charge in [0.1, 0.15) is 12.4 Å². The highest BCUT2D eigenvalue weighted by Gasteiger charge is 2.29. The molecule has 94 valence electrons. The molecule has 0 saturated carbocycles. The Bertz CT molecular complexity index is 382. The third-order valence-electron chi connectivity index (χ3n) is 3.54. The molecule has 0 atom stereocenters. The first-order valence-corrected chi connectivity index (χ1v) is 7.11. The molecule has 0 aromatic rings. The molecule has 0 unspecified atom stereocenters. The number of hydrogen-bond acceptors (Lipinski definition) is 1. The van der Waals surface area contributed by atoms with E-state index in [1.807, 2.05) is 0 Å². The van der Waals surface area contributed by atoms with Crippen molar-refractivity contribution in [3.8, 4) is 0 Å². The molecule has 0 amide bonds. The van der Waals surface area contributed by atoms with Crippen molar-refractivity contribution in [2.45, 2.75) is 59.3 Å². The van der Waals surface area contributed by atoms with Gasteiger partial charge < -0.3 is 4.74 Å². The summed E-state index contributed by atoms with van der Waals surface area (Å²) in [6, 6.07) is 0. The fraction of sp³-hybridized carbons (Fsp3) is 0.625. The van der Waals surface area contributed by atoms with Crippen LogP contribution in [0.15, 0.2) is 34.1 Å². The molecule has 1 heterocycles. The summed E-state index contributed by atoms with van der Waals surface area (Å²) in [5, 5.41) is 0. The molecule has 0 spiro atoms. The van der Waals surface area contributed by atoms with Gasteiger partial charge in [-0.15, -0.1) is 0 Å². The predicted molar refractivity (Wildman–Crippen MR) is 72.8 cm³/mol. The number of fused-ring (bicyclic) bond motifs is 1. The van der Waals surface area contributed by atoms with Gasteiger partial charge in [-0.25, -0.2) is 0 Å². The van der Waals surface area contributed by atoms with Crippen molar-refractivity contribution in [1.29, 1.82) is 0 Å². The monoisotopic (exact) mass is 232 g/mol. The maximum absolute atomic E-state index is 5.84. The van der Waals surface area contributed by atoms with Crippen LogP contribution in [0, 0.1) is 0 Å². The fourth-order valence-electron chi connectivity index (χ4n) is 2.87. The second kappa shape index (κ2) is 5.57. The summed E-state index contributed by atoms with van der Waals surface area (Å²) in [5.41, 5.74) is 6.10. The quantitative estimate of drug-likeness (QED) is 0.632. The lowest BCUT2D eigenvalue weighted by molar-refractivity contribution is 0.248. The molecule has 2 rings (SSSR count). The zero-order valence-corrected chi connectivity index (χ0v) is 11.4. The highest BCUT2D eigenvalue weighted by molar-refractivity contribution is 5.62. The zero-order chi connectivity index (χ0) is 12.3. The van der Waals surface area contributed by atoms with Crippen molar-refractivity contribution in [3.63, 3.8) is 0 Å². The topological polar surface area (TPSA) is 9.23 Å². The van der Waals surface area contributed by atoms with Gasteiger partial charge in [0.2, 0.25) is 0 Å². The minimum Gasteiger partial charge on any atom is -0.493 e. The van der Waals surface area contributed by atoms with Crippen molar-refractivity contribution in [1.82, 2.24) is 0 Å². The summed E-state index contributed by atoms with van der Waals surface area (Å²) in [6.07, 6.45) is 9.57. The Balaban J connectivity index is 2.33. The van der Waals surface area contributed by atoms with Gasteiger partial charge >= 0.3 is 0 Å². The van der Waals surface area contributed by atoms with E-state index in [0.29, 0.717) is 0 Å². The standard InChI is InChI=1S/C16H24O/c1-4-7-12-10-13-11-17-15(9-6-3)16(13)14(12)8-5-2/h10H,4-9,11H2,1-3H3. The van der Waals surface area contributed by atoms with Crippen molar-refractivity contribution in [3.05, 3.63) is 34.1 Å². The van der Waals surface area contributed by atoms with Crippen LogP contribution in [0.25, 0.3) is 0 Å². The second-order valence-electron chi connectivity index (χ2n) is 5.01. The summed E-state index contributed by atoms with van der Waals surface area (Å²) in [4.78, 5) is 0. The van der Waals surface area contributed by atoms with E-state index in [-0.39, 0.29) is 0 Å². The summed E-state index contributed by atoms with van der Waals surface area (Å²) in [7, 11) is 0. The van der Waals surface area contributed by atoms with Crippen LogP contribution in [0.1, 0.15) is 59.3 Å². The van der Waals surface area contributed by atoms with E-state index in [0.717, 1.165) is 13.0 Å². The van der Waals surface area contributed by atoms with Crippen molar-refractivity contribution in [2.24, 2.45) is 0 Å². The summed E-state index contributed by atoms with van der Waals surface area (Å²) in [5.74, 6) is 1.26. The van der Waals surface area contributed by atoms with Crippen LogP contribution < -0.4 is 0 Å². The van der Waals surface area contributed by atoms with E-state index in [1.54, 1.807) is 11.1 Å². The lowest BCUT2D eigenvalue weighted by Crippen LogP contribution is -1.92. The first-order valence-electron chi connectivity index (χ1n) is 7.11. The van der Waals surface area contributed by atoms with E-state index in [9.17, 15) is 0 Å². The number of rotatable bonds is 6. The summed E-state index contributed by atoms with van der Waals surface area (Å²) >= 11 is 0. The van der Waals surface area contributed by atoms with E-state index in [2.05, 4.69) is 26.8 Å². The lowest BCUT2D eigenvalue weighted by Gasteiger charge is -2.09. The molecular weight excluding hydrogens is 208 g/mol. The molecule has 0 bridgehead atoms. The van der Waals surface area contributed by atoms with Crippen LogP contribution in [0.3, 0.4) is 0 Å². The van der Waals surface area contributed by atoms with Gasteiger partial charge in [-0.3, -0.25) is 0 Å². The van der Waals surface area contributed by atoms with Gasteiger partial charge in [0.05, 0.1) is 0 Å². The minimum absolute atomic E-state index is 0.811. The maximum atomic E-state index is 5.84. The molecule has 1 heteroatoms. The Kier molecular flexibility index (Phi) is 4.09. The first kappa shape index (κ1) is 12.5. The molecule has 0 fully saturated rings. The molecule has 1 aliphatic carbocycles. The maximum Gasteiger partial charge on any atom is 0.114 e. The number of ether oxygens (including phenoxy) is 1. The van der Waals surface area contributed by atoms with Gasteiger partial charge in [-0.05, 0) is 30.4 Å². The van der Waals surface area contributed by atoms with Crippen LogP contribution in [0.4, 0.5) is 0 Å². The van der Waals surface area contributed by atoms with Gasteiger partial charge in [0.25, 0.3) is 0 Å². The molecule has 0 aromatic heterocycles. The van der Waals surface area contributed by atoms with E-state index < -0.39 is 0 Å². The molecule has 0 radical (unpaired) electrons. The third-order valence-corrected chi connectivity index (χ3v) is 3.54. The molecule has 0 saturated heterocycles. The lowest BCUT2D eigenvalue weighted by atomic mass is 9.96. The highest BCUT2D eigenvalue weighted by Crippen LogP contribution is 2.43. The molecule has 1 aliphatic heterocycles. The number of hydrogen-bond donors (Lipinski definition) is 0. The van der Waals surface area contributed by atoms with Crippen molar-refractivity contribution in [2.75, 3.05) is 6.61 Å². The average molecular weight is 232 g/mol. The van der Waals surface area contributed by atoms with E-state index in [1.165, 1.54) is 49.0 Å². The van der Waals surface area contributed by atoms with Gasteiger partial charge in [-0.2, -0.15) is 0 Å². The minimum atomic E-state index is 0.811. The zero-order valence-electron chi connectivity index (χ0n) is 11.4. The summed E-state index contributed by atoms with van der Waals surface area (Å²) < 4.78 is 5.84. The van der Waals surface area contributed by atoms with Crippen molar-refractivity contribution >= 4 is 0 Å². The van der Waals surface area contributed by atoms with Crippen LogP contribution in [0.5, 0.6) is 0 Å². The molecule has 17 heavy (non-hydrogen) atoms. The van der Waals surface area contributed by atoms with E-state index in [4.69, 9.17) is 4.74 Å². The third kappa shape index (κ3) is 2.34. The second-order valence-corrected chi connectivity index (χ2v) is 5.01. The van der Waals surface area contributed by atoms with E-state index >= 15 is 0 Å². The predicted octanol–water partition coefficient (Wildman–Crippen LogP) is 4.91. The van der Waals surface area contributed by atoms with Crippen LogP contribution in [-0.4, -0.2) is 6.61 Å². The largest absolute Gasteiger partial charge is 0.493 e. The summed E-state index contributed by atoms with van der Waals surface area (Å²) in [6.45, 7) is 7.57. The molecule has 0 aromatic carbocycles. The Morgan fingerprint density at radius 1 is 1.00 bits per heavy atom. The van der Waals surface area contributed by atoms with Crippen LogP contribution in [-0.2, 0) is 4.74 Å². The number of allylic oxidation sites excluding steroid dienone is 4. The van der Waals surface area contributed by atoms with Gasteiger partial charge in [0.15, 0.2) is 0 Å². The molecular formula is C16H24O. The normalized spacial score (nSPS) is 18.6. The van der Waals surface area contributed by atoms with Crippen molar-refractivity contribution < 1.29 is 4.74 Å². The Hall–Kier alpha value is -0.980. The molecule has 2 aliphatic rings. The SMILES string of the molecule is CCCC1=C(CCC)C2=C(CCC)OCC2=C1. The molecule has 0 N–H and O–H groups in total. The average Bonchev–Trinajstić information content (AvgIpc) is 2.83. The van der Waals surface area contributed by atoms with Crippen LogP contribution >= 0.6 is 0 Å². The van der Waals surface area contributed by atoms with Crippen LogP contribution in [0.2, 0.25) is 0 Å². The Labute approximate surface area is 105 Å². The molecule has 1 nitrogen and oxygen atoms in total. The van der Waals surface area contributed by atoms with Gasteiger partial charge in [-0.1, -0.05) is 39.7 Å². The highest BCUT2D eigenvalue weighted by atomic mass is 16.5. The smallest absolute Gasteiger partial charge is 0.114 e. The Morgan fingerprint density at radius 3 is 2.35 bits per heavy atom. The first-order chi connectivity index (χ1) is 8.31. The Morgan fingerprint density at radius 2 is 1.71 bits per heavy atom.